The van der Waals surface area contributed by atoms with Gasteiger partial charge in [0.25, 0.3) is 10.9 Å². The molecule has 0 saturated heterocycles. The molecule has 0 atom stereocenters. The lowest BCUT2D eigenvalue weighted by Crippen LogP contribution is -2.46. The Labute approximate surface area is 122 Å². The van der Waals surface area contributed by atoms with Crippen molar-refractivity contribution in [3.05, 3.63) is 89.4 Å². The molecule has 4 heteroatoms. The summed E-state index contributed by atoms with van der Waals surface area (Å²) in [6, 6.07) is 14.5. The second-order valence-corrected chi connectivity index (χ2v) is 5.26. The molecule has 0 unspecified atom stereocenters. The van der Waals surface area contributed by atoms with E-state index in [1.165, 1.54) is 12.1 Å². The molecular formula is C18H8O4. The van der Waals surface area contributed by atoms with E-state index in [0.717, 1.165) is 21.5 Å². The molecule has 22 heavy (non-hydrogen) atoms. The van der Waals surface area contributed by atoms with Crippen molar-refractivity contribution in [2.24, 2.45) is 0 Å². The lowest BCUT2D eigenvalue weighted by atomic mass is 9.99. The second-order valence-electron chi connectivity index (χ2n) is 5.26. The Morgan fingerprint density at radius 1 is 0.455 bits per heavy atom. The molecule has 0 bridgehead atoms. The van der Waals surface area contributed by atoms with Crippen molar-refractivity contribution in [3.8, 4) is 0 Å². The minimum absolute atomic E-state index is 0.0115. The Morgan fingerprint density at radius 3 is 1.27 bits per heavy atom. The molecule has 4 aromatic carbocycles. The largest absolute Gasteiger partial charge is 0.285 e. The lowest BCUT2D eigenvalue weighted by Gasteiger charge is -2.03. The fraction of sp³-hybridized carbons (Fsp3) is 0. The summed E-state index contributed by atoms with van der Waals surface area (Å²) in [5, 5.41) is 3.51. The first-order valence-corrected chi connectivity index (χ1v) is 6.70. The SMILES string of the molecule is O=c1c(=O)c(=O)c2cc3cc4ccccc4cc3cc2c1=O. The molecule has 0 aliphatic carbocycles. The van der Waals surface area contributed by atoms with E-state index in [0.29, 0.717) is 0 Å². The van der Waals surface area contributed by atoms with E-state index in [1.54, 1.807) is 0 Å². The third-order valence-corrected chi connectivity index (χ3v) is 3.95. The van der Waals surface area contributed by atoms with Gasteiger partial charge in [-0.15, -0.1) is 0 Å². The van der Waals surface area contributed by atoms with Crippen LogP contribution in [0.25, 0.3) is 32.3 Å². The van der Waals surface area contributed by atoms with Crippen LogP contribution in [0.2, 0.25) is 0 Å². The van der Waals surface area contributed by atoms with Crippen molar-refractivity contribution in [1.82, 2.24) is 0 Å². The van der Waals surface area contributed by atoms with Crippen LogP contribution in [0, 0.1) is 0 Å². The van der Waals surface area contributed by atoms with Crippen molar-refractivity contribution >= 4 is 32.3 Å². The average Bonchev–Trinajstić information content (AvgIpc) is 2.55. The highest BCUT2D eigenvalue weighted by Gasteiger charge is 2.13. The van der Waals surface area contributed by atoms with Crippen LogP contribution in [0.4, 0.5) is 0 Å². The molecule has 0 aliphatic rings. The molecule has 0 spiro atoms. The maximum Gasteiger partial charge on any atom is 0.277 e. The fourth-order valence-corrected chi connectivity index (χ4v) is 2.82. The van der Waals surface area contributed by atoms with Gasteiger partial charge >= 0.3 is 0 Å². The number of benzene rings is 4. The maximum atomic E-state index is 12.0. The molecule has 0 radical (unpaired) electrons. The van der Waals surface area contributed by atoms with Gasteiger partial charge in [0.2, 0.25) is 10.9 Å². The summed E-state index contributed by atoms with van der Waals surface area (Å²) in [4.78, 5) is 47.0. The van der Waals surface area contributed by atoms with Crippen LogP contribution >= 0.6 is 0 Å². The van der Waals surface area contributed by atoms with Gasteiger partial charge < -0.3 is 0 Å². The van der Waals surface area contributed by atoms with E-state index < -0.39 is 21.7 Å². The first-order chi connectivity index (χ1) is 10.6. The van der Waals surface area contributed by atoms with Crippen LogP contribution in [0.5, 0.6) is 0 Å². The summed E-state index contributed by atoms with van der Waals surface area (Å²) >= 11 is 0. The number of fused-ring (bicyclic) bond motifs is 3. The van der Waals surface area contributed by atoms with Crippen LogP contribution in [-0.2, 0) is 0 Å². The predicted molar refractivity (Wildman–Crippen MR) is 86.4 cm³/mol. The third kappa shape index (κ3) is 1.58. The molecule has 4 aromatic rings. The smallest absolute Gasteiger partial charge is 0.277 e. The Morgan fingerprint density at radius 2 is 0.864 bits per heavy atom. The highest BCUT2D eigenvalue weighted by atomic mass is 16.2. The van der Waals surface area contributed by atoms with Crippen molar-refractivity contribution in [2.75, 3.05) is 0 Å². The van der Waals surface area contributed by atoms with Gasteiger partial charge in [-0.3, -0.25) is 19.2 Å². The monoisotopic (exact) mass is 288 g/mol. The number of hydrogen-bond donors (Lipinski definition) is 0. The highest BCUT2D eigenvalue weighted by Crippen LogP contribution is 2.24. The van der Waals surface area contributed by atoms with Gasteiger partial charge in [-0.1, -0.05) is 24.3 Å². The van der Waals surface area contributed by atoms with Gasteiger partial charge in [-0.05, 0) is 45.8 Å². The second kappa shape index (κ2) is 4.18. The maximum absolute atomic E-state index is 12.0. The molecule has 0 heterocycles. The van der Waals surface area contributed by atoms with Gasteiger partial charge in [0.05, 0.1) is 0 Å². The average molecular weight is 288 g/mol. The van der Waals surface area contributed by atoms with E-state index in [1.807, 2.05) is 36.4 Å². The van der Waals surface area contributed by atoms with Crippen LogP contribution in [0.15, 0.2) is 67.7 Å². The van der Waals surface area contributed by atoms with E-state index in [2.05, 4.69) is 0 Å². The molecule has 4 rings (SSSR count). The van der Waals surface area contributed by atoms with Gasteiger partial charge in [0.1, 0.15) is 0 Å². The molecule has 0 N–H and O–H groups in total. The van der Waals surface area contributed by atoms with Gasteiger partial charge in [-0.2, -0.15) is 0 Å². The van der Waals surface area contributed by atoms with E-state index in [9.17, 15) is 19.2 Å². The lowest BCUT2D eigenvalue weighted by molar-refractivity contribution is 1.40. The Balaban J connectivity index is 2.32. The highest BCUT2D eigenvalue weighted by molar-refractivity contribution is 6.04. The van der Waals surface area contributed by atoms with Crippen LogP contribution < -0.4 is 21.7 Å². The summed E-state index contributed by atoms with van der Waals surface area (Å²) in [5.74, 6) is 0. The zero-order valence-electron chi connectivity index (χ0n) is 11.3. The number of rotatable bonds is 0. The summed E-state index contributed by atoms with van der Waals surface area (Å²) < 4.78 is 0. The third-order valence-electron chi connectivity index (χ3n) is 3.95. The van der Waals surface area contributed by atoms with Crippen molar-refractivity contribution in [2.45, 2.75) is 0 Å². The Kier molecular flexibility index (Phi) is 2.39. The van der Waals surface area contributed by atoms with E-state index >= 15 is 0 Å². The fourth-order valence-electron chi connectivity index (χ4n) is 2.82. The number of hydrogen-bond acceptors (Lipinski definition) is 4. The molecule has 0 amide bonds. The summed E-state index contributed by atoms with van der Waals surface area (Å²) in [5.41, 5.74) is -4.32. The molecular weight excluding hydrogens is 280 g/mol. The van der Waals surface area contributed by atoms with Gasteiger partial charge in [-0.25, -0.2) is 0 Å². The molecule has 104 valence electrons. The minimum atomic E-state index is -1.25. The quantitative estimate of drug-likeness (QED) is 0.363. The van der Waals surface area contributed by atoms with Crippen molar-refractivity contribution in [3.63, 3.8) is 0 Å². The molecule has 0 fully saturated rings. The zero-order chi connectivity index (χ0) is 15.4. The Hall–Kier alpha value is -3.14. The van der Waals surface area contributed by atoms with Crippen LogP contribution in [0.1, 0.15) is 0 Å². The van der Waals surface area contributed by atoms with Crippen molar-refractivity contribution in [1.29, 1.82) is 0 Å². The van der Waals surface area contributed by atoms with Crippen molar-refractivity contribution < 1.29 is 0 Å². The summed E-state index contributed by atoms with van der Waals surface area (Å²) in [6.07, 6.45) is 0. The van der Waals surface area contributed by atoms with E-state index in [4.69, 9.17) is 0 Å². The predicted octanol–water partition coefficient (Wildman–Crippen LogP) is 1.46. The van der Waals surface area contributed by atoms with Crippen LogP contribution in [0.3, 0.4) is 0 Å². The normalized spacial score (nSPS) is 11.5. The molecule has 0 aliphatic heterocycles. The van der Waals surface area contributed by atoms with Crippen LogP contribution in [-0.4, -0.2) is 0 Å². The van der Waals surface area contributed by atoms with Gasteiger partial charge in [0.15, 0.2) is 0 Å². The molecule has 0 saturated carbocycles. The summed E-state index contributed by atoms with van der Waals surface area (Å²) in [7, 11) is 0. The first kappa shape index (κ1) is 12.6. The standard InChI is InChI=1S/C18H8O4/c19-15-13-7-11-5-9-3-1-2-4-10(9)6-12(11)8-14(13)16(20)18(22)17(15)21/h1-8H. The molecule has 0 aromatic heterocycles. The van der Waals surface area contributed by atoms with Gasteiger partial charge in [0, 0.05) is 10.8 Å². The molecule has 4 nitrogen and oxygen atoms in total. The minimum Gasteiger partial charge on any atom is -0.285 e. The zero-order valence-corrected chi connectivity index (χ0v) is 11.3. The topological polar surface area (TPSA) is 68.3 Å². The first-order valence-electron chi connectivity index (χ1n) is 6.70. The van der Waals surface area contributed by atoms with E-state index in [-0.39, 0.29) is 10.8 Å². The Bertz CT molecular complexity index is 1190. The summed E-state index contributed by atoms with van der Waals surface area (Å²) in [6.45, 7) is 0.